The molecule has 0 aliphatic carbocycles. The van der Waals surface area contributed by atoms with Gasteiger partial charge >= 0.3 is 0 Å². The molecule has 72 valence electrons. The van der Waals surface area contributed by atoms with Gasteiger partial charge in [-0.3, -0.25) is 0 Å². The van der Waals surface area contributed by atoms with E-state index in [4.69, 9.17) is 0 Å². The summed E-state index contributed by atoms with van der Waals surface area (Å²) in [5.74, 6) is 0. The maximum atomic E-state index is 11.6. The zero-order valence-corrected chi connectivity index (χ0v) is 10.1. The van der Waals surface area contributed by atoms with E-state index >= 15 is 0 Å². The molecule has 1 aromatic rings. The average molecular weight is 282 g/mol. The van der Waals surface area contributed by atoms with Gasteiger partial charge in [0.05, 0.1) is 4.90 Å². The number of halogens is 1. The van der Waals surface area contributed by atoms with Crippen LogP contribution in [0.15, 0.2) is 35.2 Å². The lowest BCUT2D eigenvalue weighted by Crippen LogP contribution is -2.18. The molecule has 0 amide bonds. The summed E-state index contributed by atoms with van der Waals surface area (Å²) in [6.45, 7) is 0. The van der Waals surface area contributed by atoms with Crippen LogP contribution in [0, 0.1) is 0 Å². The summed E-state index contributed by atoms with van der Waals surface area (Å²) in [5.41, 5.74) is 0. The molecular formula is C7H8BrNO2S2. The largest absolute Gasteiger partial charge is 0.252 e. The summed E-state index contributed by atoms with van der Waals surface area (Å²) in [5, 5.41) is 0. The lowest BCUT2D eigenvalue weighted by Gasteiger charge is -2.11. The molecule has 0 atom stereocenters. The topological polar surface area (TPSA) is 37.4 Å². The van der Waals surface area contributed by atoms with Crippen molar-refractivity contribution < 1.29 is 8.42 Å². The lowest BCUT2D eigenvalue weighted by atomic mass is 10.4. The second-order valence-electron chi connectivity index (χ2n) is 2.30. The molecule has 0 saturated heterocycles. The highest BCUT2D eigenvalue weighted by atomic mass is 79.9. The van der Waals surface area contributed by atoms with E-state index in [1.54, 1.807) is 30.3 Å². The highest BCUT2D eigenvalue weighted by molar-refractivity contribution is 9.50. The number of nitrogens with zero attached hydrogens (tertiary/aromatic N) is 1. The summed E-state index contributed by atoms with van der Waals surface area (Å²) in [4.78, 5) is 0.296. The van der Waals surface area contributed by atoms with E-state index in [1.807, 2.05) is 0 Å². The second kappa shape index (κ2) is 4.45. The van der Waals surface area contributed by atoms with Crippen LogP contribution >= 0.6 is 25.2 Å². The van der Waals surface area contributed by atoms with Gasteiger partial charge in [0.2, 0.25) is 0 Å². The number of rotatable bonds is 3. The monoisotopic (exact) mass is 281 g/mol. The summed E-state index contributed by atoms with van der Waals surface area (Å²) in [7, 11) is -0.867. The van der Waals surface area contributed by atoms with Crippen LogP contribution in [0.5, 0.6) is 0 Å². The Balaban J connectivity index is 3.09. The summed E-state index contributed by atoms with van der Waals surface area (Å²) in [6.07, 6.45) is 0. The molecule has 3 nitrogen and oxygen atoms in total. The SMILES string of the molecule is CN(SBr)S(=O)(=O)c1ccccc1. The Morgan fingerprint density at radius 3 is 2.31 bits per heavy atom. The zero-order chi connectivity index (χ0) is 9.90. The van der Waals surface area contributed by atoms with Crippen molar-refractivity contribution in [3.05, 3.63) is 30.3 Å². The molecule has 0 aliphatic heterocycles. The fourth-order valence-corrected chi connectivity index (χ4v) is 3.53. The Hall–Kier alpha value is -0.0400. The van der Waals surface area contributed by atoms with Crippen LogP contribution in [0.2, 0.25) is 0 Å². The summed E-state index contributed by atoms with van der Waals surface area (Å²) < 4.78 is 24.4. The van der Waals surface area contributed by atoms with E-state index < -0.39 is 10.0 Å². The van der Waals surface area contributed by atoms with E-state index in [0.717, 1.165) is 14.1 Å². The molecule has 6 heteroatoms. The van der Waals surface area contributed by atoms with E-state index in [0.29, 0.717) is 4.90 Å². The van der Waals surface area contributed by atoms with Crippen molar-refractivity contribution in [2.45, 2.75) is 4.90 Å². The van der Waals surface area contributed by atoms with Crippen LogP contribution in [-0.4, -0.2) is 19.2 Å². The fourth-order valence-electron chi connectivity index (χ4n) is 0.778. The van der Waals surface area contributed by atoms with E-state index in [-0.39, 0.29) is 0 Å². The Bertz CT molecular complexity index is 365. The Morgan fingerprint density at radius 2 is 1.85 bits per heavy atom. The Kier molecular flexibility index (Phi) is 3.78. The first-order chi connectivity index (χ1) is 6.09. The predicted molar refractivity (Wildman–Crippen MR) is 57.9 cm³/mol. The van der Waals surface area contributed by atoms with Crippen molar-refractivity contribution in [1.82, 2.24) is 3.71 Å². The molecule has 0 heterocycles. The molecule has 0 spiro atoms. The fraction of sp³-hybridized carbons (Fsp3) is 0.143. The second-order valence-corrected chi connectivity index (χ2v) is 6.05. The molecule has 0 fully saturated rings. The maximum absolute atomic E-state index is 11.6. The smallest absolute Gasteiger partial charge is 0.206 e. The van der Waals surface area contributed by atoms with Gasteiger partial charge in [0, 0.05) is 32.2 Å². The summed E-state index contributed by atoms with van der Waals surface area (Å²) >= 11 is 3.01. The molecule has 1 aromatic carbocycles. The maximum Gasteiger partial charge on any atom is 0.252 e. The number of hydrogen-bond acceptors (Lipinski definition) is 3. The number of sulfonamides is 1. The van der Waals surface area contributed by atoms with E-state index in [9.17, 15) is 8.42 Å². The minimum absolute atomic E-state index is 0.296. The third-order valence-electron chi connectivity index (χ3n) is 1.48. The van der Waals surface area contributed by atoms with Crippen LogP contribution < -0.4 is 0 Å². The average Bonchev–Trinajstić information content (AvgIpc) is 2.18. The molecular weight excluding hydrogens is 274 g/mol. The predicted octanol–water partition coefficient (Wildman–Crippen LogP) is 2.27. The molecule has 0 N–H and O–H groups in total. The summed E-state index contributed by atoms with van der Waals surface area (Å²) in [6, 6.07) is 8.30. The first-order valence-corrected chi connectivity index (χ1v) is 7.47. The number of benzene rings is 1. The Labute approximate surface area is 89.5 Å². The molecule has 0 aliphatic rings. The lowest BCUT2D eigenvalue weighted by molar-refractivity contribution is 0.565. The van der Waals surface area contributed by atoms with Crippen molar-refractivity contribution in [1.29, 1.82) is 0 Å². The van der Waals surface area contributed by atoms with Gasteiger partial charge < -0.3 is 0 Å². The molecule has 1 rings (SSSR count). The van der Waals surface area contributed by atoms with Crippen LogP contribution in [0.4, 0.5) is 0 Å². The molecule has 13 heavy (non-hydrogen) atoms. The third kappa shape index (κ3) is 2.46. The zero-order valence-electron chi connectivity index (χ0n) is 6.84. The molecule has 0 saturated carbocycles. The van der Waals surface area contributed by atoms with Crippen molar-refractivity contribution in [2.24, 2.45) is 0 Å². The highest BCUT2D eigenvalue weighted by Crippen LogP contribution is 2.24. The van der Waals surface area contributed by atoms with Crippen LogP contribution in [0.1, 0.15) is 0 Å². The van der Waals surface area contributed by atoms with E-state index in [1.165, 1.54) is 7.05 Å². The standard InChI is InChI=1S/C7H8BrNO2S2/c1-9(12-8)13(10,11)7-5-3-2-4-6-7/h2-6H,1H3. The minimum Gasteiger partial charge on any atom is -0.206 e. The van der Waals surface area contributed by atoms with Gasteiger partial charge in [0.1, 0.15) is 0 Å². The highest BCUT2D eigenvalue weighted by Gasteiger charge is 2.19. The Morgan fingerprint density at radius 1 is 1.31 bits per heavy atom. The first kappa shape index (κ1) is 11.0. The molecule has 0 bridgehead atoms. The van der Waals surface area contributed by atoms with Crippen LogP contribution in [0.3, 0.4) is 0 Å². The van der Waals surface area contributed by atoms with Gasteiger partial charge in [-0.05, 0) is 12.1 Å². The molecule has 0 unspecified atom stereocenters. The third-order valence-corrected chi connectivity index (χ3v) is 5.91. The van der Waals surface area contributed by atoms with Crippen molar-refractivity contribution in [2.75, 3.05) is 7.05 Å². The number of hydrogen-bond donors (Lipinski definition) is 0. The normalized spacial score (nSPS) is 11.9. The van der Waals surface area contributed by atoms with E-state index in [2.05, 4.69) is 14.8 Å². The van der Waals surface area contributed by atoms with Crippen molar-refractivity contribution in [3.63, 3.8) is 0 Å². The van der Waals surface area contributed by atoms with Gasteiger partial charge in [-0.15, -0.1) is 3.71 Å². The minimum atomic E-state index is -3.34. The van der Waals surface area contributed by atoms with Crippen molar-refractivity contribution >= 4 is 35.2 Å². The van der Waals surface area contributed by atoms with Crippen molar-refractivity contribution in [3.8, 4) is 0 Å². The van der Waals surface area contributed by atoms with Gasteiger partial charge in [0.15, 0.2) is 0 Å². The molecule has 0 radical (unpaired) electrons. The van der Waals surface area contributed by atoms with Gasteiger partial charge in [0.25, 0.3) is 10.0 Å². The van der Waals surface area contributed by atoms with Crippen LogP contribution in [0.25, 0.3) is 0 Å². The van der Waals surface area contributed by atoms with Gasteiger partial charge in [-0.25, -0.2) is 8.42 Å². The van der Waals surface area contributed by atoms with Gasteiger partial charge in [-0.2, -0.15) is 0 Å². The quantitative estimate of drug-likeness (QED) is 0.798. The van der Waals surface area contributed by atoms with Gasteiger partial charge in [-0.1, -0.05) is 18.2 Å². The first-order valence-electron chi connectivity index (χ1n) is 3.41. The molecule has 0 aromatic heterocycles. The van der Waals surface area contributed by atoms with Crippen LogP contribution in [-0.2, 0) is 10.0 Å².